The Kier molecular flexibility index (Phi) is 7.16. The van der Waals surface area contributed by atoms with Gasteiger partial charge in [0, 0.05) is 70.6 Å². The third-order valence-electron chi connectivity index (χ3n) is 6.13. The van der Waals surface area contributed by atoms with E-state index in [1.807, 2.05) is 19.9 Å². The topological polar surface area (TPSA) is 109 Å². The SMILES string of the molecule is CC1(C)CC(=O)N(CCc2ccc(OC(=O)N3CCN(Cc4ccncn4)CC3)nc2)C(=O)C1. The number of hydrogen-bond acceptors (Lipinski definition) is 8. The first-order chi connectivity index (χ1) is 16.3. The summed E-state index contributed by atoms with van der Waals surface area (Å²) in [5.41, 5.74) is 1.54. The second-order valence-corrected chi connectivity index (χ2v) is 9.54. The van der Waals surface area contributed by atoms with Crippen LogP contribution in [0.25, 0.3) is 0 Å². The van der Waals surface area contributed by atoms with Gasteiger partial charge in [0.25, 0.3) is 0 Å². The Balaban J connectivity index is 1.22. The molecule has 0 aromatic carbocycles. The van der Waals surface area contributed by atoms with Gasteiger partial charge in [0.2, 0.25) is 17.7 Å². The van der Waals surface area contributed by atoms with Crippen molar-refractivity contribution in [3.05, 3.63) is 48.2 Å². The van der Waals surface area contributed by atoms with Gasteiger partial charge in [-0.15, -0.1) is 0 Å². The fourth-order valence-electron chi connectivity index (χ4n) is 4.20. The number of aromatic nitrogens is 3. The molecule has 0 radical (unpaired) electrons. The molecule has 2 aromatic heterocycles. The second kappa shape index (κ2) is 10.3. The van der Waals surface area contributed by atoms with Crippen LogP contribution in [0.5, 0.6) is 5.88 Å². The van der Waals surface area contributed by atoms with Crippen molar-refractivity contribution in [3.8, 4) is 5.88 Å². The van der Waals surface area contributed by atoms with E-state index in [2.05, 4.69) is 19.9 Å². The summed E-state index contributed by atoms with van der Waals surface area (Å²) in [5, 5.41) is 0. The minimum Gasteiger partial charge on any atom is -0.391 e. The van der Waals surface area contributed by atoms with Crippen LogP contribution in [0.1, 0.15) is 37.9 Å². The van der Waals surface area contributed by atoms with Gasteiger partial charge in [-0.05, 0) is 23.5 Å². The first-order valence-corrected chi connectivity index (χ1v) is 11.5. The number of amides is 3. The third kappa shape index (κ3) is 6.13. The Morgan fingerprint density at radius 3 is 2.38 bits per heavy atom. The molecule has 0 aliphatic carbocycles. The van der Waals surface area contributed by atoms with Crippen molar-refractivity contribution in [3.63, 3.8) is 0 Å². The molecular weight excluding hydrogens is 436 g/mol. The summed E-state index contributed by atoms with van der Waals surface area (Å²) in [6, 6.07) is 5.33. The molecule has 2 saturated heterocycles. The van der Waals surface area contributed by atoms with Crippen molar-refractivity contribution in [2.75, 3.05) is 32.7 Å². The Bertz CT molecular complexity index is 1000. The summed E-state index contributed by atoms with van der Waals surface area (Å²) < 4.78 is 5.43. The molecule has 10 nitrogen and oxygen atoms in total. The van der Waals surface area contributed by atoms with Crippen LogP contribution in [-0.4, -0.2) is 80.3 Å². The van der Waals surface area contributed by atoms with Crippen molar-refractivity contribution >= 4 is 17.9 Å². The molecular formula is C24H30N6O4. The smallest absolute Gasteiger partial charge is 0.391 e. The Morgan fingerprint density at radius 1 is 1.03 bits per heavy atom. The Morgan fingerprint density at radius 2 is 1.76 bits per heavy atom. The largest absolute Gasteiger partial charge is 0.416 e. The average molecular weight is 467 g/mol. The zero-order valence-electron chi connectivity index (χ0n) is 19.6. The number of piperazine rings is 1. The van der Waals surface area contributed by atoms with Gasteiger partial charge in [0.15, 0.2) is 0 Å². The lowest BCUT2D eigenvalue weighted by atomic mass is 9.81. The minimum absolute atomic E-state index is 0.128. The number of carbonyl (C=O) groups excluding carboxylic acids is 3. The molecule has 10 heteroatoms. The number of piperidine rings is 1. The van der Waals surface area contributed by atoms with Crippen molar-refractivity contribution in [1.29, 1.82) is 0 Å². The Labute approximate surface area is 198 Å². The molecule has 0 bridgehead atoms. The second-order valence-electron chi connectivity index (χ2n) is 9.54. The van der Waals surface area contributed by atoms with E-state index in [1.54, 1.807) is 29.4 Å². The quantitative estimate of drug-likeness (QED) is 0.594. The summed E-state index contributed by atoms with van der Waals surface area (Å²) in [6.45, 7) is 7.52. The number of imide groups is 1. The molecule has 180 valence electrons. The molecule has 2 aliphatic rings. The number of ether oxygens (including phenoxy) is 1. The summed E-state index contributed by atoms with van der Waals surface area (Å²) >= 11 is 0. The van der Waals surface area contributed by atoms with E-state index in [0.717, 1.165) is 30.9 Å². The summed E-state index contributed by atoms with van der Waals surface area (Å²) in [7, 11) is 0. The van der Waals surface area contributed by atoms with Crippen LogP contribution < -0.4 is 4.74 Å². The summed E-state index contributed by atoms with van der Waals surface area (Å²) in [4.78, 5) is 54.7. The fraction of sp³-hybridized carbons (Fsp3) is 0.500. The van der Waals surface area contributed by atoms with E-state index in [4.69, 9.17) is 4.74 Å². The number of rotatable bonds is 6. The normalized spacial score (nSPS) is 18.8. The zero-order chi connectivity index (χ0) is 24.1. The van der Waals surface area contributed by atoms with Gasteiger partial charge in [-0.1, -0.05) is 19.9 Å². The van der Waals surface area contributed by atoms with Crippen LogP contribution in [0.3, 0.4) is 0 Å². The molecule has 0 atom stereocenters. The monoisotopic (exact) mass is 466 g/mol. The lowest BCUT2D eigenvalue weighted by molar-refractivity contribution is -0.152. The molecule has 0 saturated carbocycles. The van der Waals surface area contributed by atoms with E-state index in [0.29, 0.717) is 38.9 Å². The van der Waals surface area contributed by atoms with E-state index in [9.17, 15) is 14.4 Å². The van der Waals surface area contributed by atoms with Crippen LogP contribution in [0.15, 0.2) is 36.9 Å². The molecule has 4 rings (SSSR count). The minimum atomic E-state index is -0.422. The number of pyridine rings is 1. The van der Waals surface area contributed by atoms with Crippen molar-refractivity contribution in [1.82, 2.24) is 29.7 Å². The molecule has 2 fully saturated rings. The van der Waals surface area contributed by atoms with Crippen molar-refractivity contribution in [2.24, 2.45) is 5.41 Å². The lowest BCUT2D eigenvalue weighted by Crippen LogP contribution is -2.49. The lowest BCUT2D eigenvalue weighted by Gasteiger charge is -2.34. The van der Waals surface area contributed by atoms with E-state index in [1.165, 1.54) is 11.2 Å². The van der Waals surface area contributed by atoms with Gasteiger partial charge in [-0.3, -0.25) is 19.4 Å². The van der Waals surface area contributed by atoms with Gasteiger partial charge in [0.05, 0.1) is 5.69 Å². The summed E-state index contributed by atoms with van der Waals surface area (Å²) in [5.74, 6) is -0.0298. The van der Waals surface area contributed by atoms with Crippen molar-refractivity contribution in [2.45, 2.75) is 39.7 Å². The number of carbonyl (C=O) groups is 3. The highest BCUT2D eigenvalue weighted by Crippen LogP contribution is 2.31. The predicted molar refractivity (Wildman–Crippen MR) is 123 cm³/mol. The van der Waals surface area contributed by atoms with Gasteiger partial charge in [-0.2, -0.15) is 0 Å². The van der Waals surface area contributed by atoms with Crippen LogP contribution in [0, 0.1) is 5.41 Å². The maximum Gasteiger partial charge on any atom is 0.416 e. The number of nitrogens with zero attached hydrogens (tertiary/aromatic N) is 6. The highest BCUT2D eigenvalue weighted by molar-refractivity contribution is 5.98. The maximum absolute atomic E-state index is 12.5. The van der Waals surface area contributed by atoms with Crippen LogP contribution >= 0.6 is 0 Å². The molecule has 0 unspecified atom stereocenters. The average Bonchev–Trinajstić information content (AvgIpc) is 2.80. The number of likely N-dealkylation sites (tertiary alicyclic amines) is 1. The van der Waals surface area contributed by atoms with Gasteiger partial charge >= 0.3 is 6.09 Å². The summed E-state index contributed by atoms with van der Waals surface area (Å²) in [6.07, 6.45) is 5.71. The van der Waals surface area contributed by atoms with E-state index >= 15 is 0 Å². The molecule has 4 heterocycles. The van der Waals surface area contributed by atoms with Crippen LogP contribution in [0.2, 0.25) is 0 Å². The van der Waals surface area contributed by atoms with Crippen LogP contribution in [-0.2, 0) is 22.6 Å². The molecule has 0 spiro atoms. The maximum atomic E-state index is 12.5. The Hall–Kier alpha value is -3.40. The standard InChI is InChI=1S/C24H30N6O4/c1-24(2)13-21(31)30(22(32)14-24)8-6-18-3-4-20(26-15-18)34-23(33)29-11-9-28(10-12-29)16-19-5-7-25-17-27-19/h3-5,7,15,17H,6,8-14,16H2,1-2H3. The number of hydrogen-bond donors (Lipinski definition) is 0. The molecule has 2 aliphatic heterocycles. The first kappa shape index (κ1) is 23.7. The van der Waals surface area contributed by atoms with E-state index in [-0.39, 0.29) is 23.1 Å². The zero-order valence-corrected chi connectivity index (χ0v) is 19.6. The van der Waals surface area contributed by atoms with Gasteiger partial charge in [-0.25, -0.2) is 19.7 Å². The van der Waals surface area contributed by atoms with Gasteiger partial charge in [0.1, 0.15) is 6.33 Å². The highest BCUT2D eigenvalue weighted by Gasteiger charge is 2.37. The van der Waals surface area contributed by atoms with Crippen molar-refractivity contribution < 1.29 is 19.1 Å². The first-order valence-electron chi connectivity index (χ1n) is 11.5. The van der Waals surface area contributed by atoms with Gasteiger partial charge < -0.3 is 9.64 Å². The van der Waals surface area contributed by atoms with E-state index < -0.39 is 6.09 Å². The predicted octanol–water partition coefficient (Wildman–Crippen LogP) is 1.91. The third-order valence-corrected chi connectivity index (χ3v) is 6.13. The molecule has 3 amide bonds. The van der Waals surface area contributed by atoms with Crippen LogP contribution in [0.4, 0.5) is 4.79 Å². The molecule has 34 heavy (non-hydrogen) atoms. The highest BCUT2D eigenvalue weighted by atomic mass is 16.6. The molecule has 0 N–H and O–H groups in total. The molecule has 2 aromatic rings. The fourth-order valence-corrected chi connectivity index (χ4v) is 4.20.